The molecule has 0 aliphatic heterocycles. The van der Waals surface area contributed by atoms with Gasteiger partial charge in [-0.2, -0.15) is 10.2 Å². The van der Waals surface area contributed by atoms with Crippen molar-refractivity contribution in [2.75, 3.05) is 0 Å². The molecule has 128 valence electrons. The van der Waals surface area contributed by atoms with Gasteiger partial charge in [-0.15, -0.1) is 0 Å². The summed E-state index contributed by atoms with van der Waals surface area (Å²) in [4.78, 5) is 16.8. The quantitative estimate of drug-likeness (QED) is 0.325. The Morgan fingerprint density at radius 2 is 2.08 bits per heavy atom. The molecule has 0 radical (unpaired) electrons. The standard InChI is InChI=1S/C16H15FN6O2/c1-9-12(8-19-23(9)2)13-7-14(21-20-13)16(24)25-22-15(18)10-3-5-11(17)6-4-10/h3-8H,1-2H3,(H2,18,22)(H,20,21). The predicted octanol–water partition coefficient (Wildman–Crippen LogP) is 1.74. The van der Waals surface area contributed by atoms with Crippen molar-refractivity contribution in [2.45, 2.75) is 6.92 Å². The van der Waals surface area contributed by atoms with Gasteiger partial charge in [0.15, 0.2) is 5.84 Å². The van der Waals surface area contributed by atoms with Crippen molar-refractivity contribution in [1.82, 2.24) is 20.0 Å². The summed E-state index contributed by atoms with van der Waals surface area (Å²) in [7, 11) is 1.81. The van der Waals surface area contributed by atoms with Crippen molar-refractivity contribution in [1.29, 1.82) is 0 Å². The second kappa shape index (κ2) is 6.56. The van der Waals surface area contributed by atoms with Gasteiger partial charge in [0.05, 0.1) is 11.9 Å². The third kappa shape index (κ3) is 3.39. The van der Waals surface area contributed by atoms with Crippen molar-refractivity contribution in [2.24, 2.45) is 17.9 Å². The number of nitrogens with one attached hydrogen (secondary N) is 1. The Morgan fingerprint density at radius 3 is 2.72 bits per heavy atom. The Morgan fingerprint density at radius 1 is 1.36 bits per heavy atom. The van der Waals surface area contributed by atoms with Gasteiger partial charge in [0.1, 0.15) is 11.5 Å². The fourth-order valence-corrected chi connectivity index (χ4v) is 2.13. The zero-order valence-corrected chi connectivity index (χ0v) is 13.5. The molecule has 3 aromatic rings. The molecule has 1 aromatic carbocycles. The molecule has 25 heavy (non-hydrogen) atoms. The lowest BCUT2D eigenvalue weighted by Crippen LogP contribution is -2.15. The summed E-state index contributed by atoms with van der Waals surface area (Å²) in [5, 5.41) is 14.4. The lowest BCUT2D eigenvalue weighted by molar-refractivity contribution is 0.0509. The second-order valence-electron chi connectivity index (χ2n) is 5.30. The molecule has 3 rings (SSSR count). The first-order valence-electron chi connectivity index (χ1n) is 7.31. The smallest absolute Gasteiger partial charge is 0.380 e. The number of amidine groups is 1. The number of hydrogen-bond acceptors (Lipinski definition) is 5. The zero-order valence-electron chi connectivity index (χ0n) is 13.5. The maximum absolute atomic E-state index is 12.9. The lowest BCUT2D eigenvalue weighted by atomic mass is 10.2. The number of aryl methyl sites for hydroxylation is 1. The molecule has 8 nitrogen and oxygen atoms in total. The van der Waals surface area contributed by atoms with E-state index < -0.39 is 11.8 Å². The average molecular weight is 342 g/mol. The summed E-state index contributed by atoms with van der Waals surface area (Å²) in [5.74, 6) is -1.19. The van der Waals surface area contributed by atoms with E-state index in [2.05, 4.69) is 20.5 Å². The van der Waals surface area contributed by atoms with E-state index in [1.54, 1.807) is 10.9 Å². The Hall–Kier alpha value is -3.49. The Labute approximate surface area is 142 Å². The van der Waals surface area contributed by atoms with Crippen LogP contribution in [0.1, 0.15) is 21.7 Å². The summed E-state index contributed by atoms with van der Waals surface area (Å²) >= 11 is 0. The van der Waals surface area contributed by atoms with Crippen LogP contribution in [0.15, 0.2) is 41.7 Å². The number of aromatic nitrogens is 4. The summed E-state index contributed by atoms with van der Waals surface area (Å²) in [6.07, 6.45) is 1.66. The number of nitrogens with zero attached hydrogens (tertiary/aromatic N) is 4. The molecule has 0 saturated heterocycles. The van der Waals surface area contributed by atoms with Crippen molar-refractivity contribution in [3.8, 4) is 11.3 Å². The molecule has 9 heteroatoms. The molecule has 2 heterocycles. The Bertz CT molecular complexity index is 942. The minimum atomic E-state index is -0.745. The third-order valence-corrected chi connectivity index (χ3v) is 3.68. The molecule has 2 aromatic heterocycles. The average Bonchev–Trinajstić information content (AvgIpc) is 3.21. The third-order valence-electron chi connectivity index (χ3n) is 3.68. The van der Waals surface area contributed by atoms with Crippen LogP contribution in [0.25, 0.3) is 11.3 Å². The fraction of sp³-hybridized carbons (Fsp3) is 0.125. The molecule has 0 bridgehead atoms. The summed E-state index contributed by atoms with van der Waals surface area (Å²) < 4.78 is 14.6. The van der Waals surface area contributed by atoms with Crippen LogP contribution in [0, 0.1) is 12.7 Å². The van der Waals surface area contributed by atoms with Crippen LogP contribution >= 0.6 is 0 Å². The summed E-state index contributed by atoms with van der Waals surface area (Å²) in [6, 6.07) is 6.87. The van der Waals surface area contributed by atoms with Crippen LogP contribution < -0.4 is 5.73 Å². The number of rotatable bonds is 4. The van der Waals surface area contributed by atoms with Crippen molar-refractivity contribution >= 4 is 11.8 Å². The number of nitrogens with two attached hydrogens (primary N) is 1. The second-order valence-corrected chi connectivity index (χ2v) is 5.30. The van der Waals surface area contributed by atoms with Gasteiger partial charge in [0, 0.05) is 23.9 Å². The number of carbonyl (C=O) groups is 1. The SMILES string of the molecule is Cc1c(-c2cc(C(=O)O/N=C(\N)c3ccc(F)cc3)[nH]n2)cnn1C. The van der Waals surface area contributed by atoms with Gasteiger partial charge in [-0.1, -0.05) is 5.16 Å². The minimum absolute atomic E-state index is 0.0452. The largest absolute Gasteiger partial charge is 0.383 e. The molecule has 0 amide bonds. The van der Waals surface area contributed by atoms with Crippen molar-refractivity contribution < 1.29 is 14.0 Å². The lowest BCUT2D eigenvalue weighted by Gasteiger charge is -2.00. The highest BCUT2D eigenvalue weighted by atomic mass is 19.1. The monoisotopic (exact) mass is 342 g/mol. The first kappa shape index (κ1) is 16.4. The number of H-pyrrole nitrogens is 1. The Balaban J connectivity index is 1.73. The van der Waals surface area contributed by atoms with Crippen LogP contribution in [0.5, 0.6) is 0 Å². The first-order valence-corrected chi connectivity index (χ1v) is 7.31. The highest BCUT2D eigenvalue weighted by Crippen LogP contribution is 2.21. The predicted molar refractivity (Wildman–Crippen MR) is 88.1 cm³/mol. The van der Waals surface area contributed by atoms with Gasteiger partial charge >= 0.3 is 5.97 Å². The zero-order chi connectivity index (χ0) is 18.0. The maximum Gasteiger partial charge on any atom is 0.383 e. The van der Waals surface area contributed by atoms with Gasteiger partial charge in [0.25, 0.3) is 0 Å². The van der Waals surface area contributed by atoms with E-state index >= 15 is 0 Å². The molecule has 0 aliphatic rings. The highest BCUT2D eigenvalue weighted by Gasteiger charge is 2.15. The molecule has 0 fully saturated rings. The topological polar surface area (TPSA) is 111 Å². The van der Waals surface area contributed by atoms with Gasteiger partial charge < -0.3 is 10.6 Å². The van der Waals surface area contributed by atoms with E-state index in [1.165, 1.54) is 30.3 Å². The molecular formula is C16H15FN6O2. The number of oxime groups is 1. The van der Waals surface area contributed by atoms with Crippen LogP contribution in [0.2, 0.25) is 0 Å². The number of benzene rings is 1. The van der Waals surface area contributed by atoms with Gasteiger partial charge in [0.2, 0.25) is 0 Å². The molecule has 0 saturated carbocycles. The molecule has 0 unspecified atom stereocenters. The van der Waals surface area contributed by atoms with E-state index in [0.717, 1.165) is 11.3 Å². The fourth-order valence-electron chi connectivity index (χ4n) is 2.13. The van der Waals surface area contributed by atoms with E-state index in [-0.39, 0.29) is 11.5 Å². The number of aromatic amines is 1. The Kier molecular flexibility index (Phi) is 4.29. The number of halogens is 1. The maximum atomic E-state index is 12.9. The summed E-state index contributed by atoms with van der Waals surface area (Å²) in [5.41, 5.74) is 8.53. The molecule has 0 aliphatic carbocycles. The van der Waals surface area contributed by atoms with Gasteiger partial charge in [-0.25, -0.2) is 9.18 Å². The highest BCUT2D eigenvalue weighted by molar-refractivity contribution is 5.98. The van der Waals surface area contributed by atoms with E-state index in [1.807, 2.05) is 14.0 Å². The molecule has 0 spiro atoms. The number of hydrogen-bond donors (Lipinski definition) is 2. The van der Waals surface area contributed by atoms with Crippen LogP contribution in [0.3, 0.4) is 0 Å². The van der Waals surface area contributed by atoms with E-state index in [9.17, 15) is 9.18 Å². The van der Waals surface area contributed by atoms with E-state index in [4.69, 9.17) is 10.6 Å². The van der Waals surface area contributed by atoms with Crippen molar-refractivity contribution in [3.05, 3.63) is 59.3 Å². The first-order chi connectivity index (χ1) is 12.0. The molecule has 3 N–H and O–H groups in total. The van der Waals surface area contributed by atoms with E-state index in [0.29, 0.717) is 11.3 Å². The van der Waals surface area contributed by atoms with Crippen LogP contribution in [-0.4, -0.2) is 31.8 Å². The summed E-state index contributed by atoms with van der Waals surface area (Å²) in [6.45, 7) is 1.89. The number of carbonyl (C=O) groups excluding carboxylic acids is 1. The van der Waals surface area contributed by atoms with Crippen LogP contribution in [0.4, 0.5) is 4.39 Å². The molecular weight excluding hydrogens is 327 g/mol. The van der Waals surface area contributed by atoms with Gasteiger partial charge in [-0.3, -0.25) is 9.78 Å². The van der Waals surface area contributed by atoms with Crippen molar-refractivity contribution in [3.63, 3.8) is 0 Å². The van der Waals surface area contributed by atoms with Crippen LogP contribution in [-0.2, 0) is 11.9 Å². The molecule has 0 atom stereocenters. The normalized spacial score (nSPS) is 11.6. The van der Waals surface area contributed by atoms with Gasteiger partial charge in [-0.05, 0) is 37.3 Å². The minimum Gasteiger partial charge on any atom is -0.380 e.